The summed E-state index contributed by atoms with van der Waals surface area (Å²) in [5.74, 6) is -0.300. The summed E-state index contributed by atoms with van der Waals surface area (Å²) in [6.07, 6.45) is 0. The number of hydrogen-bond acceptors (Lipinski definition) is 3. The van der Waals surface area contributed by atoms with Gasteiger partial charge >= 0.3 is 5.97 Å². The first-order chi connectivity index (χ1) is 9.22. The smallest absolute Gasteiger partial charge is 0.309 e. The lowest BCUT2D eigenvalue weighted by Gasteiger charge is -2.18. The van der Waals surface area contributed by atoms with Crippen LogP contribution in [0.3, 0.4) is 0 Å². The molecule has 0 aliphatic carbocycles. The van der Waals surface area contributed by atoms with Crippen molar-refractivity contribution in [2.75, 3.05) is 16.8 Å². The summed E-state index contributed by atoms with van der Waals surface area (Å²) in [5, 5.41) is 11.8. The molecule has 0 saturated carbocycles. The van der Waals surface area contributed by atoms with Crippen molar-refractivity contribution in [3.05, 3.63) is 29.3 Å². The molecule has 1 aromatic carbocycles. The number of aryl methyl sites for hydroxylation is 2. The summed E-state index contributed by atoms with van der Waals surface area (Å²) in [7, 11) is 0. The number of amides is 1. The Bertz CT molecular complexity index is 512. The minimum atomic E-state index is -0.848. The number of benzene rings is 1. The predicted molar refractivity (Wildman–Crippen MR) is 83.3 cm³/mol. The van der Waals surface area contributed by atoms with Crippen LogP contribution in [0.5, 0.6) is 0 Å². The number of rotatable bonds is 6. The number of carboxylic acid groups (broad SMARTS) is 1. The van der Waals surface area contributed by atoms with Crippen molar-refractivity contribution in [3.63, 3.8) is 0 Å². The fourth-order valence-electron chi connectivity index (χ4n) is 1.48. The van der Waals surface area contributed by atoms with E-state index in [0.29, 0.717) is 5.75 Å². The van der Waals surface area contributed by atoms with Crippen LogP contribution in [0.25, 0.3) is 0 Å². The first kappa shape index (κ1) is 16.6. The molecule has 0 aromatic heterocycles. The topological polar surface area (TPSA) is 66.4 Å². The molecule has 0 saturated heterocycles. The van der Waals surface area contributed by atoms with Gasteiger partial charge in [0.15, 0.2) is 0 Å². The van der Waals surface area contributed by atoms with Crippen LogP contribution in [0, 0.1) is 19.3 Å². The molecule has 5 heteroatoms. The van der Waals surface area contributed by atoms with E-state index in [1.807, 2.05) is 32.0 Å². The van der Waals surface area contributed by atoms with Gasteiger partial charge < -0.3 is 10.4 Å². The molecular weight excluding hydrogens is 274 g/mol. The largest absolute Gasteiger partial charge is 0.481 e. The van der Waals surface area contributed by atoms with Crippen molar-refractivity contribution < 1.29 is 14.7 Å². The van der Waals surface area contributed by atoms with Crippen molar-refractivity contribution in [1.29, 1.82) is 0 Å². The molecule has 110 valence electrons. The van der Waals surface area contributed by atoms with E-state index < -0.39 is 11.4 Å². The van der Waals surface area contributed by atoms with Gasteiger partial charge in [-0.25, -0.2) is 0 Å². The normalized spacial score (nSPS) is 11.2. The molecule has 1 aromatic rings. The second-order valence-electron chi connectivity index (χ2n) is 5.53. The zero-order valence-electron chi connectivity index (χ0n) is 12.3. The molecule has 0 unspecified atom stereocenters. The Morgan fingerprint density at radius 3 is 2.45 bits per heavy atom. The quantitative estimate of drug-likeness (QED) is 0.846. The van der Waals surface area contributed by atoms with Gasteiger partial charge in [-0.1, -0.05) is 6.07 Å². The van der Waals surface area contributed by atoms with Crippen LogP contribution in [0.2, 0.25) is 0 Å². The summed E-state index contributed by atoms with van der Waals surface area (Å²) in [6.45, 7) is 7.33. The number of nitrogens with one attached hydrogen (secondary N) is 1. The molecule has 0 aliphatic rings. The Labute approximate surface area is 124 Å². The maximum absolute atomic E-state index is 11.8. The van der Waals surface area contributed by atoms with Crippen LogP contribution in [0.15, 0.2) is 18.2 Å². The minimum absolute atomic E-state index is 0.112. The van der Waals surface area contributed by atoms with E-state index in [0.717, 1.165) is 11.3 Å². The zero-order valence-corrected chi connectivity index (χ0v) is 13.1. The minimum Gasteiger partial charge on any atom is -0.481 e. The van der Waals surface area contributed by atoms with Gasteiger partial charge in [0.1, 0.15) is 0 Å². The third-order valence-electron chi connectivity index (χ3n) is 3.07. The van der Waals surface area contributed by atoms with E-state index in [2.05, 4.69) is 5.32 Å². The van der Waals surface area contributed by atoms with Gasteiger partial charge in [0, 0.05) is 11.4 Å². The average molecular weight is 295 g/mol. The van der Waals surface area contributed by atoms with Gasteiger partial charge in [0.05, 0.1) is 11.2 Å². The molecule has 1 amide bonds. The maximum atomic E-state index is 11.8. The molecule has 0 radical (unpaired) electrons. The third-order valence-corrected chi connectivity index (χ3v) is 4.46. The lowest BCUT2D eigenvalue weighted by atomic mass is 9.97. The Kier molecular flexibility index (Phi) is 5.62. The molecule has 0 bridgehead atoms. The summed E-state index contributed by atoms with van der Waals surface area (Å²) in [4.78, 5) is 22.7. The molecule has 20 heavy (non-hydrogen) atoms. The number of carbonyl (C=O) groups is 2. The highest BCUT2D eigenvalue weighted by Crippen LogP contribution is 2.22. The number of thioether (sulfide) groups is 1. The molecule has 0 heterocycles. The van der Waals surface area contributed by atoms with Gasteiger partial charge in [-0.2, -0.15) is 11.8 Å². The summed E-state index contributed by atoms with van der Waals surface area (Å²) >= 11 is 1.33. The molecule has 0 atom stereocenters. The standard InChI is InChI=1S/C15H21NO3S/c1-10-5-6-12(7-11(10)2)16-13(17)8-20-9-15(3,4)14(18)19/h5-7H,8-9H2,1-4H3,(H,16,17)(H,18,19). The van der Waals surface area contributed by atoms with E-state index in [1.165, 1.54) is 17.3 Å². The van der Waals surface area contributed by atoms with Crippen LogP contribution < -0.4 is 5.32 Å². The van der Waals surface area contributed by atoms with Crippen LogP contribution >= 0.6 is 11.8 Å². The molecule has 0 aliphatic heterocycles. The Balaban J connectivity index is 2.44. The van der Waals surface area contributed by atoms with E-state index in [1.54, 1.807) is 13.8 Å². The van der Waals surface area contributed by atoms with Crippen molar-refractivity contribution in [2.24, 2.45) is 5.41 Å². The highest BCUT2D eigenvalue weighted by Gasteiger charge is 2.27. The van der Waals surface area contributed by atoms with E-state index in [4.69, 9.17) is 5.11 Å². The van der Waals surface area contributed by atoms with Gasteiger partial charge in [-0.05, 0) is 51.0 Å². The lowest BCUT2D eigenvalue weighted by molar-refractivity contribution is -0.145. The number of anilines is 1. The SMILES string of the molecule is Cc1ccc(NC(=O)CSCC(C)(C)C(=O)O)cc1C. The fourth-order valence-corrected chi connectivity index (χ4v) is 2.47. The number of aliphatic carboxylic acids is 1. The van der Waals surface area contributed by atoms with Gasteiger partial charge in [-0.15, -0.1) is 0 Å². The second kappa shape index (κ2) is 6.79. The predicted octanol–water partition coefficient (Wildman–Crippen LogP) is 3.09. The zero-order chi connectivity index (χ0) is 15.3. The van der Waals surface area contributed by atoms with E-state index >= 15 is 0 Å². The number of carboxylic acids is 1. The van der Waals surface area contributed by atoms with Crippen LogP contribution in [-0.4, -0.2) is 28.5 Å². The lowest BCUT2D eigenvalue weighted by Crippen LogP contribution is -2.27. The average Bonchev–Trinajstić information content (AvgIpc) is 2.33. The van der Waals surface area contributed by atoms with Gasteiger partial charge in [0.2, 0.25) is 5.91 Å². The third kappa shape index (κ3) is 4.89. The second-order valence-corrected chi connectivity index (χ2v) is 6.51. The van der Waals surface area contributed by atoms with Crippen LogP contribution in [0.1, 0.15) is 25.0 Å². The molecular formula is C15H21NO3S. The van der Waals surface area contributed by atoms with Crippen LogP contribution in [-0.2, 0) is 9.59 Å². The fraction of sp³-hybridized carbons (Fsp3) is 0.467. The first-order valence-electron chi connectivity index (χ1n) is 6.40. The monoisotopic (exact) mass is 295 g/mol. The van der Waals surface area contributed by atoms with Crippen molar-refractivity contribution >= 4 is 29.3 Å². The van der Waals surface area contributed by atoms with Crippen molar-refractivity contribution in [2.45, 2.75) is 27.7 Å². The molecule has 2 N–H and O–H groups in total. The van der Waals surface area contributed by atoms with Gasteiger partial charge in [0.25, 0.3) is 0 Å². The van der Waals surface area contributed by atoms with Crippen molar-refractivity contribution in [3.8, 4) is 0 Å². The van der Waals surface area contributed by atoms with Crippen LogP contribution in [0.4, 0.5) is 5.69 Å². The number of carbonyl (C=O) groups excluding carboxylic acids is 1. The van der Waals surface area contributed by atoms with Gasteiger partial charge in [-0.3, -0.25) is 9.59 Å². The Hall–Kier alpha value is -1.49. The molecule has 0 fully saturated rings. The maximum Gasteiger partial charge on any atom is 0.309 e. The Morgan fingerprint density at radius 2 is 1.90 bits per heavy atom. The van der Waals surface area contributed by atoms with E-state index in [9.17, 15) is 9.59 Å². The van der Waals surface area contributed by atoms with E-state index in [-0.39, 0.29) is 11.7 Å². The molecule has 4 nitrogen and oxygen atoms in total. The summed E-state index contributed by atoms with van der Waals surface area (Å²) < 4.78 is 0. The first-order valence-corrected chi connectivity index (χ1v) is 7.56. The summed E-state index contributed by atoms with van der Waals surface area (Å²) in [6, 6.07) is 5.76. The molecule has 0 spiro atoms. The molecule has 1 rings (SSSR count). The Morgan fingerprint density at radius 1 is 1.25 bits per heavy atom. The number of hydrogen-bond donors (Lipinski definition) is 2. The highest BCUT2D eigenvalue weighted by atomic mass is 32.2. The summed E-state index contributed by atoms with van der Waals surface area (Å²) in [5.41, 5.74) is 2.27. The van der Waals surface area contributed by atoms with Crippen molar-refractivity contribution in [1.82, 2.24) is 0 Å². The highest BCUT2D eigenvalue weighted by molar-refractivity contribution is 8.00.